The van der Waals surface area contributed by atoms with Gasteiger partial charge in [-0.05, 0) is 37.5 Å². The SMILES string of the molecule is Cc1ccc(C(O)CNC(=O)c2ccc(N3CCCC3)c([N+](=O)[O-])c2)cc1. The van der Waals surface area contributed by atoms with E-state index in [2.05, 4.69) is 5.32 Å². The summed E-state index contributed by atoms with van der Waals surface area (Å²) >= 11 is 0. The lowest BCUT2D eigenvalue weighted by molar-refractivity contribution is -0.384. The van der Waals surface area contributed by atoms with Gasteiger partial charge in [0.25, 0.3) is 11.6 Å². The highest BCUT2D eigenvalue weighted by molar-refractivity contribution is 5.95. The Bertz CT molecular complexity index is 830. The number of aryl methyl sites for hydroxylation is 1. The Labute approximate surface area is 157 Å². The molecule has 3 rings (SSSR count). The summed E-state index contributed by atoms with van der Waals surface area (Å²) in [7, 11) is 0. The van der Waals surface area contributed by atoms with Gasteiger partial charge in [-0.3, -0.25) is 14.9 Å². The van der Waals surface area contributed by atoms with Crippen LogP contribution in [0.1, 0.15) is 40.4 Å². The van der Waals surface area contributed by atoms with Crippen LogP contribution in [0.15, 0.2) is 42.5 Å². The van der Waals surface area contributed by atoms with E-state index in [1.807, 2.05) is 36.1 Å². The van der Waals surface area contributed by atoms with Gasteiger partial charge in [0.05, 0.1) is 11.0 Å². The van der Waals surface area contributed by atoms with Gasteiger partial charge in [0, 0.05) is 31.3 Å². The van der Waals surface area contributed by atoms with Crippen molar-refractivity contribution >= 4 is 17.3 Å². The number of nitrogens with zero attached hydrogens (tertiary/aromatic N) is 2. The normalized spacial score (nSPS) is 14.8. The number of aliphatic hydroxyl groups is 1. The monoisotopic (exact) mass is 369 g/mol. The quantitative estimate of drug-likeness (QED) is 0.603. The van der Waals surface area contributed by atoms with Crippen LogP contribution < -0.4 is 10.2 Å². The third-order valence-corrected chi connectivity index (χ3v) is 4.80. The molecule has 1 aliphatic rings. The number of carbonyl (C=O) groups excluding carboxylic acids is 1. The molecular formula is C20H23N3O4. The average molecular weight is 369 g/mol. The number of hydrogen-bond acceptors (Lipinski definition) is 5. The molecule has 7 heteroatoms. The zero-order chi connectivity index (χ0) is 19.4. The standard InChI is InChI=1S/C20H23N3O4/c1-14-4-6-15(7-5-14)19(24)13-21-20(25)16-8-9-17(18(12-16)23(26)27)22-10-2-3-11-22/h4-9,12,19,24H,2-3,10-11,13H2,1H3,(H,21,25). The molecule has 1 atom stereocenters. The summed E-state index contributed by atoms with van der Waals surface area (Å²) in [6, 6.07) is 11.9. The molecule has 0 radical (unpaired) electrons. The number of amides is 1. The van der Waals surface area contributed by atoms with Crippen LogP contribution in [0, 0.1) is 17.0 Å². The second-order valence-corrected chi connectivity index (χ2v) is 6.79. The fourth-order valence-corrected chi connectivity index (χ4v) is 3.23. The Kier molecular flexibility index (Phi) is 5.71. The van der Waals surface area contributed by atoms with Crippen molar-refractivity contribution in [1.29, 1.82) is 0 Å². The first-order valence-electron chi connectivity index (χ1n) is 9.02. The summed E-state index contributed by atoms with van der Waals surface area (Å²) < 4.78 is 0. The molecule has 2 aromatic carbocycles. The summed E-state index contributed by atoms with van der Waals surface area (Å²) in [6.07, 6.45) is 1.18. The van der Waals surface area contributed by atoms with Crippen molar-refractivity contribution in [3.63, 3.8) is 0 Å². The van der Waals surface area contributed by atoms with E-state index in [0.29, 0.717) is 11.3 Å². The van der Waals surface area contributed by atoms with Gasteiger partial charge in [-0.25, -0.2) is 0 Å². The average Bonchev–Trinajstić information content (AvgIpc) is 3.20. The highest BCUT2D eigenvalue weighted by Crippen LogP contribution is 2.31. The maximum Gasteiger partial charge on any atom is 0.293 e. The van der Waals surface area contributed by atoms with Gasteiger partial charge in [0.15, 0.2) is 0 Å². The summed E-state index contributed by atoms with van der Waals surface area (Å²) in [5.74, 6) is -0.447. The molecule has 1 aliphatic heterocycles. The number of rotatable bonds is 6. The molecule has 0 saturated carbocycles. The number of anilines is 1. The minimum absolute atomic E-state index is 0.0313. The number of benzene rings is 2. The molecule has 7 nitrogen and oxygen atoms in total. The van der Waals surface area contributed by atoms with Gasteiger partial charge in [0.1, 0.15) is 5.69 Å². The molecule has 27 heavy (non-hydrogen) atoms. The highest BCUT2D eigenvalue weighted by Gasteiger charge is 2.24. The van der Waals surface area contributed by atoms with Crippen molar-refractivity contribution in [2.45, 2.75) is 25.9 Å². The van der Waals surface area contributed by atoms with Crippen LogP contribution in [0.5, 0.6) is 0 Å². The summed E-state index contributed by atoms with van der Waals surface area (Å²) in [5.41, 5.74) is 2.48. The first kappa shape index (κ1) is 18.8. The summed E-state index contributed by atoms with van der Waals surface area (Å²) in [5, 5.41) is 24.3. The highest BCUT2D eigenvalue weighted by atomic mass is 16.6. The van der Waals surface area contributed by atoms with Crippen LogP contribution in [0.25, 0.3) is 0 Å². The molecule has 0 bridgehead atoms. The number of nitro groups is 1. The van der Waals surface area contributed by atoms with Crippen LogP contribution in [-0.4, -0.2) is 35.6 Å². The van der Waals surface area contributed by atoms with E-state index in [-0.39, 0.29) is 17.8 Å². The topological polar surface area (TPSA) is 95.7 Å². The molecule has 1 amide bonds. The van der Waals surface area contributed by atoms with E-state index in [9.17, 15) is 20.0 Å². The molecule has 0 aliphatic carbocycles. The van der Waals surface area contributed by atoms with Crippen LogP contribution in [0.3, 0.4) is 0 Å². The van der Waals surface area contributed by atoms with Gasteiger partial charge in [-0.1, -0.05) is 29.8 Å². The first-order chi connectivity index (χ1) is 13.0. The lowest BCUT2D eigenvalue weighted by Crippen LogP contribution is -2.28. The minimum Gasteiger partial charge on any atom is -0.387 e. The second-order valence-electron chi connectivity index (χ2n) is 6.79. The van der Waals surface area contributed by atoms with Crippen molar-refractivity contribution in [2.75, 3.05) is 24.5 Å². The smallest absolute Gasteiger partial charge is 0.293 e. The maximum absolute atomic E-state index is 12.4. The Balaban J connectivity index is 1.69. The predicted molar refractivity (Wildman–Crippen MR) is 103 cm³/mol. The number of carbonyl (C=O) groups is 1. The van der Waals surface area contributed by atoms with Gasteiger partial charge in [0.2, 0.25) is 0 Å². The molecule has 1 unspecified atom stereocenters. The number of aliphatic hydroxyl groups excluding tert-OH is 1. The zero-order valence-electron chi connectivity index (χ0n) is 15.2. The van der Waals surface area contributed by atoms with Gasteiger partial charge in [-0.2, -0.15) is 0 Å². The molecule has 1 fully saturated rings. The fourth-order valence-electron chi connectivity index (χ4n) is 3.23. The number of nitro benzene ring substituents is 1. The number of nitrogens with one attached hydrogen (secondary N) is 1. The van der Waals surface area contributed by atoms with Crippen LogP contribution in [0.2, 0.25) is 0 Å². The van der Waals surface area contributed by atoms with Crippen LogP contribution >= 0.6 is 0 Å². The molecule has 2 N–H and O–H groups in total. The third kappa shape index (κ3) is 4.43. The first-order valence-corrected chi connectivity index (χ1v) is 9.02. The van der Waals surface area contributed by atoms with E-state index in [1.54, 1.807) is 12.1 Å². The second kappa shape index (κ2) is 8.18. The maximum atomic E-state index is 12.4. The van der Waals surface area contributed by atoms with Crippen molar-refractivity contribution < 1.29 is 14.8 Å². The Morgan fingerprint density at radius 1 is 1.22 bits per heavy atom. The fraction of sp³-hybridized carbons (Fsp3) is 0.350. The van der Waals surface area contributed by atoms with Gasteiger partial charge in [-0.15, -0.1) is 0 Å². The zero-order valence-corrected chi connectivity index (χ0v) is 15.2. The lowest BCUT2D eigenvalue weighted by Gasteiger charge is -2.18. The van der Waals surface area contributed by atoms with Crippen LogP contribution in [0.4, 0.5) is 11.4 Å². The Morgan fingerprint density at radius 3 is 2.52 bits per heavy atom. The van der Waals surface area contributed by atoms with E-state index in [1.165, 1.54) is 6.07 Å². The summed E-state index contributed by atoms with van der Waals surface area (Å²) in [4.78, 5) is 25.3. The molecular weight excluding hydrogens is 346 g/mol. The van der Waals surface area contributed by atoms with E-state index in [0.717, 1.165) is 31.5 Å². The Morgan fingerprint density at radius 2 is 1.89 bits per heavy atom. The molecule has 0 aromatic heterocycles. The number of hydrogen-bond donors (Lipinski definition) is 2. The lowest BCUT2D eigenvalue weighted by atomic mass is 10.1. The molecule has 142 valence electrons. The molecule has 1 saturated heterocycles. The summed E-state index contributed by atoms with van der Waals surface area (Å²) in [6.45, 7) is 3.56. The largest absolute Gasteiger partial charge is 0.387 e. The minimum atomic E-state index is -0.839. The molecule has 1 heterocycles. The Hall–Kier alpha value is -2.93. The van der Waals surface area contributed by atoms with Gasteiger partial charge < -0.3 is 15.3 Å². The molecule has 0 spiro atoms. The van der Waals surface area contributed by atoms with E-state index >= 15 is 0 Å². The predicted octanol–water partition coefficient (Wildman–Crippen LogP) is 2.97. The van der Waals surface area contributed by atoms with Crippen molar-refractivity contribution in [3.05, 3.63) is 69.3 Å². The van der Waals surface area contributed by atoms with Crippen LogP contribution in [-0.2, 0) is 0 Å². The van der Waals surface area contributed by atoms with Crippen molar-refractivity contribution in [1.82, 2.24) is 5.32 Å². The van der Waals surface area contributed by atoms with E-state index < -0.39 is 16.9 Å². The van der Waals surface area contributed by atoms with Crippen molar-refractivity contribution in [3.8, 4) is 0 Å². The van der Waals surface area contributed by atoms with Gasteiger partial charge >= 0.3 is 0 Å². The van der Waals surface area contributed by atoms with E-state index in [4.69, 9.17) is 0 Å². The van der Waals surface area contributed by atoms with Crippen molar-refractivity contribution in [2.24, 2.45) is 0 Å². The molecule has 2 aromatic rings. The third-order valence-electron chi connectivity index (χ3n) is 4.80.